The van der Waals surface area contributed by atoms with Crippen LogP contribution in [0.2, 0.25) is 0 Å². The molecule has 0 fully saturated rings. The highest BCUT2D eigenvalue weighted by molar-refractivity contribution is 8.01. The average Bonchev–Trinajstić information content (AvgIpc) is 3.21. The van der Waals surface area contributed by atoms with Gasteiger partial charge in [-0.1, -0.05) is 6.07 Å². The third-order valence-corrected chi connectivity index (χ3v) is 4.87. The predicted octanol–water partition coefficient (Wildman–Crippen LogP) is 3.37. The van der Waals surface area contributed by atoms with Crippen molar-refractivity contribution < 1.29 is 15.1 Å². The first-order valence-electron chi connectivity index (χ1n) is 6.63. The van der Waals surface area contributed by atoms with E-state index in [2.05, 4.69) is 20.8 Å². The maximum Gasteiger partial charge on any atom is 0.355 e. The number of carboxylic acids is 1. The molecule has 2 heterocycles. The molecule has 4 N–H and O–H groups in total. The van der Waals surface area contributed by atoms with Gasteiger partial charge in [-0.3, -0.25) is 5.21 Å². The highest BCUT2D eigenvalue weighted by Crippen LogP contribution is 2.31. The van der Waals surface area contributed by atoms with E-state index in [1.54, 1.807) is 6.20 Å². The maximum absolute atomic E-state index is 10.8. The average molecular weight is 361 g/mol. The lowest BCUT2D eigenvalue weighted by Gasteiger charge is -2.13. The van der Waals surface area contributed by atoms with E-state index in [4.69, 9.17) is 10.4 Å². The van der Waals surface area contributed by atoms with Crippen molar-refractivity contribution in [3.63, 3.8) is 0 Å². The summed E-state index contributed by atoms with van der Waals surface area (Å²) in [6, 6.07) is 5.82. The van der Waals surface area contributed by atoms with Gasteiger partial charge in [0.1, 0.15) is 6.07 Å². The van der Waals surface area contributed by atoms with Crippen LogP contribution in [0.4, 0.5) is 10.8 Å². The van der Waals surface area contributed by atoms with Crippen molar-refractivity contribution in [2.75, 3.05) is 9.19 Å². The Morgan fingerprint density at radius 1 is 1.54 bits per heavy atom. The summed E-state index contributed by atoms with van der Waals surface area (Å²) in [7, 11) is 0. The van der Waals surface area contributed by atoms with Crippen LogP contribution in [0, 0.1) is 18.3 Å². The molecule has 8 nitrogen and oxygen atoms in total. The molecule has 0 atom stereocenters. The summed E-state index contributed by atoms with van der Waals surface area (Å²) in [5, 5.41) is 30.3. The van der Waals surface area contributed by atoms with E-state index in [0.29, 0.717) is 11.3 Å². The van der Waals surface area contributed by atoms with Crippen molar-refractivity contribution in [3.05, 3.63) is 40.5 Å². The summed E-state index contributed by atoms with van der Waals surface area (Å²) in [6.45, 7) is 1.91. The molecular formula is C14H11N5O3S2. The lowest BCUT2D eigenvalue weighted by Crippen LogP contribution is -2.11. The summed E-state index contributed by atoms with van der Waals surface area (Å²) < 4.78 is 3.71. The molecule has 2 aromatic heterocycles. The van der Waals surface area contributed by atoms with Gasteiger partial charge in [0.25, 0.3) is 0 Å². The molecule has 0 saturated carbocycles. The normalized spacial score (nSPS) is 10.5. The minimum atomic E-state index is -1.15. The monoisotopic (exact) mass is 361 g/mol. The van der Waals surface area contributed by atoms with Crippen LogP contribution in [0.15, 0.2) is 23.7 Å². The van der Waals surface area contributed by atoms with Crippen LogP contribution >= 0.6 is 23.5 Å². The number of nitrogens with one attached hydrogen (secondary N) is 2. The van der Waals surface area contributed by atoms with Crippen molar-refractivity contribution in [1.82, 2.24) is 9.97 Å². The number of rotatable bonds is 5. The number of carbonyl (C=O) groups is 1. The molecule has 0 spiro atoms. The quantitative estimate of drug-likeness (QED) is 0.402. The summed E-state index contributed by atoms with van der Waals surface area (Å²) >= 11 is 1.84. The summed E-state index contributed by atoms with van der Waals surface area (Å²) in [5.74, 6) is -1.15. The Hall–Kier alpha value is -2.74. The molecule has 0 aliphatic carbocycles. The Bertz CT molecular complexity index is 959. The molecule has 0 bridgehead atoms. The Morgan fingerprint density at radius 3 is 3.00 bits per heavy atom. The first-order valence-corrected chi connectivity index (χ1v) is 8.28. The van der Waals surface area contributed by atoms with E-state index < -0.39 is 5.97 Å². The van der Waals surface area contributed by atoms with Crippen molar-refractivity contribution in [1.29, 1.82) is 5.26 Å². The van der Waals surface area contributed by atoms with Crippen LogP contribution in [0.5, 0.6) is 0 Å². The zero-order chi connectivity index (χ0) is 17.3. The van der Waals surface area contributed by atoms with Gasteiger partial charge in [-0.2, -0.15) is 5.26 Å². The highest BCUT2D eigenvalue weighted by Gasteiger charge is 2.15. The number of H-pyrrole nitrogens is 1. The van der Waals surface area contributed by atoms with E-state index in [1.807, 2.05) is 19.1 Å². The van der Waals surface area contributed by atoms with Crippen LogP contribution < -0.4 is 9.19 Å². The minimum Gasteiger partial charge on any atom is -0.476 e. The second-order valence-electron chi connectivity index (χ2n) is 4.78. The zero-order valence-electron chi connectivity index (χ0n) is 12.3. The van der Waals surface area contributed by atoms with Gasteiger partial charge < -0.3 is 14.8 Å². The lowest BCUT2D eigenvalue weighted by molar-refractivity contribution is 0.0691. The number of fused-ring (bicyclic) bond motifs is 1. The standard InChI is InChI=1S/C14H11N5O3S2/c1-7-2-3-9(12-11(7)8(4-15)5-16-12)18-24-19(22)14-17-10(6-23-14)13(20)21/h2-3,5-6,16,18,22H,1H3,(H,20,21). The van der Waals surface area contributed by atoms with Crippen LogP contribution in [0.25, 0.3) is 10.9 Å². The predicted molar refractivity (Wildman–Crippen MR) is 92.3 cm³/mol. The van der Waals surface area contributed by atoms with Gasteiger partial charge >= 0.3 is 5.97 Å². The van der Waals surface area contributed by atoms with Gasteiger partial charge in [0, 0.05) is 17.0 Å². The number of benzene rings is 1. The summed E-state index contributed by atoms with van der Waals surface area (Å²) in [4.78, 5) is 17.7. The van der Waals surface area contributed by atoms with E-state index >= 15 is 0 Å². The summed E-state index contributed by atoms with van der Waals surface area (Å²) in [5.41, 5.74) is 2.80. The number of nitrogens with zero attached hydrogens (tertiary/aromatic N) is 3. The van der Waals surface area contributed by atoms with Gasteiger partial charge in [0.2, 0.25) is 5.13 Å². The Balaban J connectivity index is 1.80. The van der Waals surface area contributed by atoms with Crippen molar-refractivity contribution in [2.45, 2.75) is 6.92 Å². The Labute approximate surface area is 144 Å². The highest BCUT2D eigenvalue weighted by atomic mass is 32.2. The van der Waals surface area contributed by atoms with Gasteiger partial charge in [0.15, 0.2) is 5.69 Å². The van der Waals surface area contributed by atoms with Crippen LogP contribution in [0.1, 0.15) is 21.6 Å². The number of aromatic nitrogens is 2. The third-order valence-electron chi connectivity index (χ3n) is 3.28. The molecule has 0 aliphatic rings. The number of hydrogen-bond acceptors (Lipinski definition) is 8. The molecule has 3 rings (SSSR count). The topological polar surface area (TPSA) is 125 Å². The number of aromatic amines is 1. The van der Waals surface area contributed by atoms with Gasteiger partial charge in [-0.25, -0.2) is 9.78 Å². The molecule has 3 aromatic rings. The fourth-order valence-corrected chi connectivity index (χ4v) is 3.50. The van der Waals surface area contributed by atoms with E-state index in [-0.39, 0.29) is 10.8 Å². The van der Waals surface area contributed by atoms with Crippen LogP contribution in [0.3, 0.4) is 0 Å². The van der Waals surface area contributed by atoms with Gasteiger partial charge in [0.05, 0.1) is 28.9 Å². The second-order valence-corrected chi connectivity index (χ2v) is 6.35. The second kappa shape index (κ2) is 6.40. The largest absolute Gasteiger partial charge is 0.476 e. The molecule has 0 radical (unpaired) electrons. The molecule has 1 aromatic carbocycles. The molecule has 0 saturated heterocycles. The first-order chi connectivity index (χ1) is 11.5. The number of hydrogen-bond donors (Lipinski definition) is 4. The zero-order valence-corrected chi connectivity index (χ0v) is 13.9. The Morgan fingerprint density at radius 2 is 2.33 bits per heavy atom. The Kier molecular flexibility index (Phi) is 4.30. The molecule has 122 valence electrons. The number of aromatic carboxylic acids is 1. The van der Waals surface area contributed by atoms with Crippen LogP contribution in [-0.2, 0) is 0 Å². The molecular weight excluding hydrogens is 350 g/mol. The van der Waals surface area contributed by atoms with Crippen molar-refractivity contribution >= 4 is 51.2 Å². The fourth-order valence-electron chi connectivity index (χ4n) is 2.18. The number of nitriles is 1. The molecule has 10 heteroatoms. The van der Waals surface area contributed by atoms with Crippen molar-refractivity contribution in [3.8, 4) is 6.07 Å². The molecule has 0 amide bonds. The van der Waals surface area contributed by atoms with E-state index in [1.165, 1.54) is 5.38 Å². The third kappa shape index (κ3) is 2.88. The fraction of sp³-hybridized carbons (Fsp3) is 0.0714. The summed E-state index contributed by atoms with van der Waals surface area (Å²) in [6.07, 6.45) is 1.63. The number of carboxylic acid groups (broad SMARTS) is 1. The molecule has 24 heavy (non-hydrogen) atoms. The van der Waals surface area contributed by atoms with Gasteiger partial charge in [-0.05, 0) is 18.6 Å². The molecule has 0 aliphatic heterocycles. The first kappa shape index (κ1) is 16.1. The van der Waals surface area contributed by atoms with Crippen LogP contribution in [-0.4, -0.2) is 26.3 Å². The van der Waals surface area contributed by atoms with E-state index in [0.717, 1.165) is 44.4 Å². The number of aryl methyl sites for hydroxylation is 1. The molecule has 0 unspecified atom stereocenters. The maximum atomic E-state index is 10.8. The van der Waals surface area contributed by atoms with E-state index in [9.17, 15) is 10.0 Å². The van der Waals surface area contributed by atoms with Crippen molar-refractivity contribution in [2.24, 2.45) is 0 Å². The number of thiazole rings is 1. The lowest BCUT2D eigenvalue weighted by atomic mass is 10.1. The SMILES string of the molecule is Cc1ccc(NSN(O)c2nc(C(=O)O)cs2)c2[nH]cc(C#N)c12. The number of anilines is 2. The smallest absolute Gasteiger partial charge is 0.355 e. The van der Waals surface area contributed by atoms with Gasteiger partial charge in [-0.15, -0.1) is 15.8 Å². The minimum absolute atomic E-state index is 0.129.